The van der Waals surface area contributed by atoms with Crippen LogP contribution in [0.5, 0.6) is 0 Å². The highest BCUT2D eigenvalue weighted by molar-refractivity contribution is 7.13. The summed E-state index contributed by atoms with van der Waals surface area (Å²) in [7, 11) is 0. The third kappa shape index (κ3) is 3.86. The lowest BCUT2D eigenvalue weighted by Crippen LogP contribution is -2.43. The van der Waals surface area contributed by atoms with Crippen molar-refractivity contribution in [3.05, 3.63) is 59.4 Å². The molecule has 1 aliphatic rings. The molecular formula is C20H18N6OS. The molecule has 0 spiro atoms. The number of hydrogen-bond donors (Lipinski definition) is 2. The van der Waals surface area contributed by atoms with Gasteiger partial charge in [-0.05, 0) is 18.2 Å². The summed E-state index contributed by atoms with van der Waals surface area (Å²) in [6.45, 7) is 3.58. The van der Waals surface area contributed by atoms with Gasteiger partial charge in [0.2, 0.25) is 0 Å². The van der Waals surface area contributed by atoms with E-state index in [1.54, 1.807) is 29.9 Å². The Balaban J connectivity index is 1.54. The van der Waals surface area contributed by atoms with E-state index in [-0.39, 0.29) is 5.91 Å². The molecule has 8 heteroatoms. The van der Waals surface area contributed by atoms with E-state index < -0.39 is 0 Å². The zero-order valence-electron chi connectivity index (χ0n) is 15.1. The van der Waals surface area contributed by atoms with Crippen LogP contribution < -0.4 is 15.5 Å². The number of carbonyl (C=O) groups excluding carboxylic acids is 1. The zero-order valence-corrected chi connectivity index (χ0v) is 15.9. The number of aromatic nitrogens is 2. The Morgan fingerprint density at radius 1 is 1.29 bits per heavy atom. The fourth-order valence-corrected chi connectivity index (χ4v) is 3.88. The predicted molar refractivity (Wildman–Crippen MR) is 110 cm³/mol. The molecule has 0 unspecified atom stereocenters. The molecule has 0 saturated carbocycles. The van der Waals surface area contributed by atoms with Crippen LogP contribution in [0.15, 0.2) is 48.1 Å². The first-order valence-electron chi connectivity index (χ1n) is 8.92. The average molecular weight is 390 g/mol. The number of benzene rings is 1. The maximum atomic E-state index is 12.7. The van der Waals surface area contributed by atoms with Crippen molar-refractivity contribution in [2.24, 2.45) is 0 Å². The normalized spacial score (nSPS) is 13.8. The highest BCUT2D eigenvalue weighted by Crippen LogP contribution is 2.27. The molecule has 1 saturated heterocycles. The molecule has 0 aliphatic carbocycles. The van der Waals surface area contributed by atoms with Crippen molar-refractivity contribution in [3.8, 4) is 16.6 Å². The highest BCUT2D eigenvalue weighted by Gasteiger charge is 2.18. The van der Waals surface area contributed by atoms with Crippen molar-refractivity contribution < 1.29 is 4.79 Å². The standard InChI is InChI=1S/C20H18N6OS/c21-11-14-2-1-3-15(10-14)20-25-17(13-28-20)19(27)24-16-12-23-5-4-18(16)26-8-6-22-7-9-26/h1-5,10,12-13,22H,6-9H2,(H,24,27). The van der Waals surface area contributed by atoms with Crippen LogP contribution in [0.2, 0.25) is 0 Å². The van der Waals surface area contributed by atoms with Crippen LogP contribution in [0.3, 0.4) is 0 Å². The molecule has 2 N–H and O–H groups in total. The van der Waals surface area contributed by atoms with Crippen molar-refractivity contribution in [1.82, 2.24) is 15.3 Å². The van der Waals surface area contributed by atoms with E-state index in [1.165, 1.54) is 11.3 Å². The summed E-state index contributed by atoms with van der Waals surface area (Å²) in [5, 5.41) is 17.7. The molecule has 28 heavy (non-hydrogen) atoms. The number of nitrogens with one attached hydrogen (secondary N) is 2. The molecule has 3 heterocycles. The largest absolute Gasteiger partial charge is 0.367 e. The molecule has 1 aromatic carbocycles. The third-order valence-corrected chi connectivity index (χ3v) is 5.37. The topological polar surface area (TPSA) is 93.9 Å². The molecule has 4 rings (SSSR count). The number of carbonyl (C=O) groups is 1. The Morgan fingerprint density at radius 2 is 2.14 bits per heavy atom. The summed E-state index contributed by atoms with van der Waals surface area (Å²) < 4.78 is 0. The van der Waals surface area contributed by atoms with E-state index in [2.05, 4.69) is 31.6 Å². The second-order valence-electron chi connectivity index (χ2n) is 6.31. The maximum Gasteiger partial charge on any atom is 0.275 e. The summed E-state index contributed by atoms with van der Waals surface area (Å²) in [6, 6.07) is 11.2. The molecule has 1 aliphatic heterocycles. The molecule has 7 nitrogen and oxygen atoms in total. The first kappa shape index (κ1) is 18.1. The second kappa shape index (κ2) is 8.17. The zero-order chi connectivity index (χ0) is 19.3. The van der Waals surface area contributed by atoms with Gasteiger partial charge in [-0.15, -0.1) is 11.3 Å². The molecule has 1 amide bonds. The minimum Gasteiger partial charge on any atom is -0.367 e. The minimum atomic E-state index is -0.275. The predicted octanol–water partition coefficient (Wildman–Crippen LogP) is 2.74. The van der Waals surface area contributed by atoms with E-state index >= 15 is 0 Å². The van der Waals surface area contributed by atoms with Crippen molar-refractivity contribution >= 4 is 28.6 Å². The van der Waals surface area contributed by atoms with Gasteiger partial charge in [0.25, 0.3) is 5.91 Å². The van der Waals surface area contributed by atoms with Crippen LogP contribution in [0, 0.1) is 11.3 Å². The molecule has 0 radical (unpaired) electrons. The molecular weight excluding hydrogens is 372 g/mol. The molecule has 1 fully saturated rings. The van der Waals surface area contributed by atoms with Crippen molar-refractivity contribution in [2.45, 2.75) is 0 Å². The van der Waals surface area contributed by atoms with E-state index in [0.29, 0.717) is 22.0 Å². The van der Waals surface area contributed by atoms with Crippen molar-refractivity contribution in [1.29, 1.82) is 5.26 Å². The van der Waals surface area contributed by atoms with Gasteiger partial charge < -0.3 is 15.5 Å². The van der Waals surface area contributed by atoms with E-state index in [9.17, 15) is 4.79 Å². The molecule has 0 atom stereocenters. The third-order valence-electron chi connectivity index (χ3n) is 4.48. The molecule has 2 aromatic heterocycles. The van der Waals surface area contributed by atoms with Crippen LogP contribution in [-0.4, -0.2) is 42.1 Å². The average Bonchev–Trinajstić information content (AvgIpc) is 3.25. The fourth-order valence-electron chi connectivity index (χ4n) is 3.08. The number of amides is 1. The Bertz CT molecular complexity index is 1030. The van der Waals surface area contributed by atoms with Gasteiger partial charge in [0, 0.05) is 43.3 Å². The van der Waals surface area contributed by atoms with E-state index in [0.717, 1.165) is 37.4 Å². The van der Waals surface area contributed by atoms with Crippen LogP contribution >= 0.6 is 11.3 Å². The molecule has 0 bridgehead atoms. The van der Waals surface area contributed by atoms with Crippen LogP contribution in [-0.2, 0) is 0 Å². The fraction of sp³-hybridized carbons (Fsp3) is 0.200. The SMILES string of the molecule is N#Cc1cccc(-c2nc(C(=O)Nc3cnccc3N3CCNCC3)cs2)c1. The number of pyridine rings is 1. The monoisotopic (exact) mass is 390 g/mol. The molecule has 140 valence electrons. The van der Waals surface area contributed by atoms with Crippen LogP contribution in [0.4, 0.5) is 11.4 Å². The van der Waals surface area contributed by atoms with E-state index in [1.807, 2.05) is 18.2 Å². The van der Waals surface area contributed by atoms with Crippen LogP contribution in [0.25, 0.3) is 10.6 Å². The van der Waals surface area contributed by atoms with Gasteiger partial charge in [-0.1, -0.05) is 12.1 Å². The first-order chi connectivity index (χ1) is 13.7. The minimum absolute atomic E-state index is 0.275. The van der Waals surface area contributed by atoms with Gasteiger partial charge in [0.05, 0.1) is 29.2 Å². The first-order valence-corrected chi connectivity index (χ1v) is 9.79. The van der Waals surface area contributed by atoms with Crippen molar-refractivity contribution in [3.63, 3.8) is 0 Å². The Hall–Kier alpha value is -3.28. The highest BCUT2D eigenvalue weighted by atomic mass is 32.1. The van der Waals surface area contributed by atoms with Gasteiger partial charge in [-0.2, -0.15) is 5.26 Å². The lowest BCUT2D eigenvalue weighted by atomic mass is 10.1. The number of rotatable bonds is 4. The second-order valence-corrected chi connectivity index (χ2v) is 7.17. The Labute approximate surface area is 166 Å². The van der Waals surface area contributed by atoms with Gasteiger partial charge in [-0.3, -0.25) is 9.78 Å². The lowest BCUT2D eigenvalue weighted by molar-refractivity contribution is 0.102. The number of thiazole rings is 1. The number of hydrogen-bond acceptors (Lipinski definition) is 7. The van der Waals surface area contributed by atoms with Crippen molar-refractivity contribution in [2.75, 3.05) is 36.4 Å². The number of nitriles is 1. The van der Waals surface area contributed by atoms with Gasteiger partial charge in [0.15, 0.2) is 0 Å². The van der Waals surface area contributed by atoms with Gasteiger partial charge in [-0.25, -0.2) is 4.98 Å². The number of nitrogens with zero attached hydrogens (tertiary/aromatic N) is 4. The molecule has 3 aromatic rings. The maximum absolute atomic E-state index is 12.7. The van der Waals surface area contributed by atoms with Gasteiger partial charge >= 0.3 is 0 Å². The van der Waals surface area contributed by atoms with Crippen LogP contribution in [0.1, 0.15) is 16.1 Å². The van der Waals surface area contributed by atoms with Gasteiger partial charge in [0.1, 0.15) is 10.7 Å². The number of anilines is 2. The summed E-state index contributed by atoms with van der Waals surface area (Å²) in [5.41, 5.74) is 3.37. The lowest BCUT2D eigenvalue weighted by Gasteiger charge is -2.30. The smallest absolute Gasteiger partial charge is 0.275 e. The Morgan fingerprint density at radius 3 is 2.96 bits per heavy atom. The Kier molecular flexibility index (Phi) is 5.28. The summed E-state index contributed by atoms with van der Waals surface area (Å²) in [4.78, 5) is 23.6. The summed E-state index contributed by atoms with van der Waals surface area (Å²) in [6.07, 6.45) is 3.40. The summed E-state index contributed by atoms with van der Waals surface area (Å²) in [5.74, 6) is -0.275. The quantitative estimate of drug-likeness (QED) is 0.711. The summed E-state index contributed by atoms with van der Waals surface area (Å²) >= 11 is 1.38. The number of piperazine rings is 1. The van der Waals surface area contributed by atoms with E-state index in [4.69, 9.17) is 5.26 Å².